The lowest BCUT2D eigenvalue weighted by molar-refractivity contribution is 0.167. The fraction of sp³-hybridized carbons (Fsp3) is 0.583. The first-order chi connectivity index (χ1) is 8.95. The van der Waals surface area contributed by atoms with E-state index >= 15 is 0 Å². The first-order valence-electron chi connectivity index (χ1n) is 6.06. The molecule has 0 aromatic carbocycles. The Bertz CT molecular complexity index is 507. The molecule has 0 N–H and O–H groups in total. The molecule has 0 aliphatic carbocycles. The van der Waals surface area contributed by atoms with Crippen LogP contribution < -0.4 is 0 Å². The van der Waals surface area contributed by atoms with Crippen molar-refractivity contribution in [3.8, 4) is 0 Å². The Kier molecular flexibility index (Phi) is 5.84. The van der Waals surface area contributed by atoms with Crippen LogP contribution in [0.3, 0.4) is 0 Å². The van der Waals surface area contributed by atoms with Crippen molar-refractivity contribution < 1.29 is 17.5 Å². The summed E-state index contributed by atoms with van der Waals surface area (Å²) >= 11 is 0. The van der Waals surface area contributed by atoms with Gasteiger partial charge in [0, 0.05) is 25.9 Å². The van der Waals surface area contributed by atoms with Gasteiger partial charge in [-0.05, 0) is 25.5 Å². The third kappa shape index (κ3) is 3.71. The van der Waals surface area contributed by atoms with E-state index in [-0.39, 0.29) is 19.2 Å². The van der Waals surface area contributed by atoms with Gasteiger partial charge in [0.15, 0.2) is 5.82 Å². The SMILES string of the molecule is CCC(C)N(CCOC)S(=O)(=O)c1ncccc1F. The van der Waals surface area contributed by atoms with Gasteiger partial charge in [-0.2, -0.15) is 4.31 Å². The molecule has 1 atom stereocenters. The molecule has 7 heteroatoms. The topological polar surface area (TPSA) is 59.5 Å². The number of aromatic nitrogens is 1. The van der Waals surface area contributed by atoms with Crippen LogP contribution in [-0.4, -0.2) is 44.0 Å². The van der Waals surface area contributed by atoms with Crippen molar-refractivity contribution in [3.63, 3.8) is 0 Å². The fourth-order valence-corrected chi connectivity index (χ4v) is 3.30. The van der Waals surface area contributed by atoms with E-state index in [4.69, 9.17) is 4.74 Å². The van der Waals surface area contributed by atoms with Crippen LogP contribution in [0.15, 0.2) is 23.4 Å². The van der Waals surface area contributed by atoms with Crippen molar-refractivity contribution in [2.75, 3.05) is 20.3 Å². The van der Waals surface area contributed by atoms with Crippen LogP contribution in [0.2, 0.25) is 0 Å². The second kappa shape index (κ2) is 6.93. The molecule has 0 aliphatic rings. The molecule has 0 saturated carbocycles. The number of nitrogens with zero attached hydrogens (tertiary/aromatic N) is 2. The molecule has 19 heavy (non-hydrogen) atoms. The van der Waals surface area contributed by atoms with E-state index in [0.29, 0.717) is 6.42 Å². The standard InChI is InChI=1S/C12H19FN2O3S/c1-4-10(2)15(8-9-18-3)19(16,17)12-11(13)6-5-7-14-12/h5-7,10H,4,8-9H2,1-3H3. The summed E-state index contributed by atoms with van der Waals surface area (Å²) in [6.07, 6.45) is 1.89. The van der Waals surface area contributed by atoms with E-state index in [1.165, 1.54) is 23.7 Å². The predicted molar refractivity (Wildman–Crippen MR) is 69.7 cm³/mol. The molecular weight excluding hydrogens is 271 g/mol. The van der Waals surface area contributed by atoms with Gasteiger partial charge >= 0.3 is 0 Å². The second-order valence-electron chi connectivity index (χ2n) is 4.16. The van der Waals surface area contributed by atoms with Crippen molar-refractivity contribution in [1.29, 1.82) is 0 Å². The number of halogens is 1. The molecule has 0 bridgehead atoms. The van der Waals surface area contributed by atoms with E-state index < -0.39 is 20.9 Å². The predicted octanol–water partition coefficient (Wildman–Crippen LogP) is 1.66. The van der Waals surface area contributed by atoms with Crippen LogP contribution in [0.5, 0.6) is 0 Å². The normalized spacial score (nSPS) is 13.7. The highest BCUT2D eigenvalue weighted by Gasteiger charge is 2.31. The average Bonchev–Trinajstić information content (AvgIpc) is 2.38. The van der Waals surface area contributed by atoms with Crippen molar-refractivity contribution in [3.05, 3.63) is 24.1 Å². The summed E-state index contributed by atoms with van der Waals surface area (Å²) in [7, 11) is -2.46. The number of methoxy groups -OCH3 is 1. The van der Waals surface area contributed by atoms with Crippen molar-refractivity contribution in [1.82, 2.24) is 9.29 Å². The molecule has 0 saturated heterocycles. The first kappa shape index (κ1) is 16.0. The van der Waals surface area contributed by atoms with E-state index in [0.717, 1.165) is 6.07 Å². The van der Waals surface area contributed by atoms with Gasteiger partial charge in [-0.25, -0.2) is 17.8 Å². The Labute approximate surface area is 113 Å². The Hall–Kier alpha value is -1.05. The fourth-order valence-electron chi connectivity index (χ4n) is 1.63. The summed E-state index contributed by atoms with van der Waals surface area (Å²) < 4.78 is 44.6. The monoisotopic (exact) mass is 290 g/mol. The summed E-state index contributed by atoms with van der Waals surface area (Å²) in [5.74, 6) is -0.840. The highest BCUT2D eigenvalue weighted by molar-refractivity contribution is 7.89. The summed E-state index contributed by atoms with van der Waals surface area (Å²) in [6.45, 7) is 4.06. The minimum absolute atomic E-state index is 0.170. The zero-order chi connectivity index (χ0) is 14.5. The maximum atomic E-state index is 13.6. The molecule has 1 aromatic heterocycles. The molecular formula is C12H19FN2O3S. The summed E-state index contributed by atoms with van der Waals surface area (Å²) in [5.41, 5.74) is 0. The zero-order valence-electron chi connectivity index (χ0n) is 11.3. The average molecular weight is 290 g/mol. The Balaban J connectivity index is 3.16. The van der Waals surface area contributed by atoms with Crippen molar-refractivity contribution in [2.24, 2.45) is 0 Å². The Morgan fingerprint density at radius 3 is 2.74 bits per heavy atom. The number of sulfonamides is 1. The van der Waals surface area contributed by atoms with Gasteiger partial charge < -0.3 is 4.74 Å². The molecule has 0 fully saturated rings. The highest BCUT2D eigenvalue weighted by atomic mass is 32.2. The van der Waals surface area contributed by atoms with Crippen LogP contribution >= 0.6 is 0 Å². The Morgan fingerprint density at radius 2 is 2.21 bits per heavy atom. The molecule has 1 rings (SSSR count). The van der Waals surface area contributed by atoms with Crippen molar-refractivity contribution in [2.45, 2.75) is 31.3 Å². The first-order valence-corrected chi connectivity index (χ1v) is 7.50. The van der Waals surface area contributed by atoms with Gasteiger partial charge in [0.2, 0.25) is 5.03 Å². The molecule has 0 aliphatic heterocycles. The lowest BCUT2D eigenvalue weighted by Gasteiger charge is -2.26. The van der Waals surface area contributed by atoms with Gasteiger partial charge in [-0.1, -0.05) is 6.92 Å². The zero-order valence-corrected chi connectivity index (χ0v) is 12.2. The molecule has 1 aromatic rings. The molecule has 108 valence electrons. The molecule has 1 heterocycles. The maximum Gasteiger partial charge on any atom is 0.263 e. The van der Waals surface area contributed by atoms with Gasteiger partial charge in [0.25, 0.3) is 10.0 Å². The molecule has 5 nitrogen and oxygen atoms in total. The summed E-state index contributed by atoms with van der Waals surface area (Å²) in [5, 5.41) is -0.536. The van der Waals surface area contributed by atoms with Gasteiger partial charge in [-0.3, -0.25) is 0 Å². The number of pyridine rings is 1. The van der Waals surface area contributed by atoms with Crippen molar-refractivity contribution >= 4 is 10.0 Å². The molecule has 0 spiro atoms. The quantitative estimate of drug-likeness (QED) is 0.766. The number of ether oxygens (including phenoxy) is 1. The van der Waals surface area contributed by atoms with Gasteiger partial charge in [0.1, 0.15) is 0 Å². The minimum Gasteiger partial charge on any atom is -0.383 e. The van der Waals surface area contributed by atoms with E-state index in [9.17, 15) is 12.8 Å². The van der Waals surface area contributed by atoms with E-state index in [1.807, 2.05) is 6.92 Å². The van der Waals surface area contributed by atoms with Gasteiger partial charge in [0.05, 0.1) is 6.61 Å². The van der Waals surface area contributed by atoms with Crippen LogP contribution in [0.4, 0.5) is 4.39 Å². The highest BCUT2D eigenvalue weighted by Crippen LogP contribution is 2.19. The third-order valence-corrected chi connectivity index (χ3v) is 4.83. The molecule has 0 radical (unpaired) electrons. The second-order valence-corrected chi connectivity index (χ2v) is 5.96. The van der Waals surface area contributed by atoms with Crippen LogP contribution in [0.1, 0.15) is 20.3 Å². The summed E-state index contributed by atoms with van der Waals surface area (Å²) in [4.78, 5) is 3.65. The number of hydrogen-bond acceptors (Lipinski definition) is 4. The van der Waals surface area contributed by atoms with E-state index in [1.54, 1.807) is 6.92 Å². The largest absolute Gasteiger partial charge is 0.383 e. The van der Waals surface area contributed by atoms with Crippen LogP contribution in [-0.2, 0) is 14.8 Å². The van der Waals surface area contributed by atoms with Gasteiger partial charge in [-0.15, -0.1) is 0 Å². The minimum atomic E-state index is -3.95. The van der Waals surface area contributed by atoms with E-state index in [2.05, 4.69) is 4.98 Å². The van der Waals surface area contributed by atoms with Crippen LogP contribution in [0.25, 0.3) is 0 Å². The lowest BCUT2D eigenvalue weighted by Crippen LogP contribution is -2.41. The number of rotatable bonds is 7. The third-order valence-electron chi connectivity index (χ3n) is 2.88. The van der Waals surface area contributed by atoms with Crippen LogP contribution in [0, 0.1) is 5.82 Å². The maximum absolute atomic E-state index is 13.6. The Morgan fingerprint density at radius 1 is 1.53 bits per heavy atom. The summed E-state index contributed by atoms with van der Waals surface area (Å²) in [6, 6.07) is 2.20. The number of hydrogen-bond donors (Lipinski definition) is 0. The smallest absolute Gasteiger partial charge is 0.263 e. The lowest BCUT2D eigenvalue weighted by atomic mass is 10.3. The molecule has 0 amide bonds. The molecule has 1 unspecified atom stereocenters.